The fourth-order valence-electron chi connectivity index (χ4n) is 4.51. The third kappa shape index (κ3) is 4.29. The van der Waals surface area contributed by atoms with E-state index in [-0.39, 0.29) is 11.8 Å². The highest BCUT2D eigenvalue weighted by Crippen LogP contribution is 2.32. The molecular formula is C27H30N8O2. The van der Waals surface area contributed by atoms with Crippen molar-refractivity contribution in [1.82, 2.24) is 34.1 Å². The normalized spacial score (nSPS) is 12.6. The maximum Gasteiger partial charge on any atom is 0.248 e. The van der Waals surface area contributed by atoms with Crippen molar-refractivity contribution in [1.29, 1.82) is 0 Å². The number of aromatic nitrogens is 7. The first-order valence-corrected chi connectivity index (χ1v) is 12.2. The molecule has 0 saturated heterocycles. The number of amides is 1. The van der Waals surface area contributed by atoms with Gasteiger partial charge in [-0.1, -0.05) is 27.7 Å². The van der Waals surface area contributed by atoms with Crippen molar-refractivity contribution >= 4 is 16.9 Å². The summed E-state index contributed by atoms with van der Waals surface area (Å²) in [5.41, 5.74) is 11.9. The van der Waals surface area contributed by atoms with Crippen LogP contribution in [0.25, 0.3) is 33.7 Å². The molecular weight excluding hydrogens is 468 g/mol. The van der Waals surface area contributed by atoms with Gasteiger partial charge in [0.05, 0.1) is 40.7 Å². The highest BCUT2D eigenvalue weighted by Gasteiger charge is 2.22. The summed E-state index contributed by atoms with van der Waals surface area (Å²) in [5, 5.41) is 19.9. The van der Waals surface area contributed by atoms with E-state index in [9.17, 15) is 9.90 Å². The fourth-order valence-corrected chi connectivity index (χ4v) is 4.51. The van der Waals surface area contributed by atoms with Crippen molar-refractivity contribution in [2.75, 3.05) is 0 Å². The number of primary amides is 1. The molecule has 0 spiro atoms. The molecule has 0 radical (unpaired) electrons. The van der Waals surface area contributed by atoms with Crippen LogP contribution in [0.2, 0.25) is 0 Å². The molecule has 190 valence electrons. The van der Waals surface area contributed by atoms with Crippen molar-refractivity contribution in [2.45, 2.75) is 52.7 Å². The summed E-state index contributed by atoms with van der Waals surface area (Å²) in [6, 6.07) is 7.52. The lowest BCUT2D eigenvalue weighted by molar-refractivity contribution is 0.0999. The highest BCUT2D eigenvalue weighted by atomic mass is 16.3. The van der Waals surface area contributed by atoms with Crippen molar-refractivity contribution < 1.29 is 9.90 Å². The van der Waals surface area contributed by atoms with Crippen molar-refractivity contribution in [2.24, 2.45) is 5.73 Å². The van der Waals surface area contributed by atoms with Gasteiger partial charge in [-0.25, -0.2) is 19.3 Å². The van der Waals surface area contributed by atoms with E-state index in [0.29, 0.717) is 11.2 Å². The van der Waals surface area contributed by atoms with Gasteiger partial charge in [-0.15, -0.1) is 0 Å². The molecule has 10 nitrogen and oxygen atoms in total. The molecule has 0 bridgehead atoms. The molecule has 0 aliphatic carbocycles. The zero-order valence-corrected chi connectivity index (χ0v) is 21.5. The molecule has 1 unspecified atom stereocenters. The average Bonchev–Trinajstić information content (AvgIpc) is 3.61. The van der Waals surface area contributed by atoms with Crippen LogP contribution in [0.1, 0.15) is 74.3 Å². The number of hydrogen-bond donors (Lipinski definition) is 2. The van der Waals surface area contributed by atoms with Gasteiger partial charge in [-0.05, 0) is 48.6 Å². The Labute approximate surface area is 214 Å². The number of aliphatic hydroxyl groups is 1. The van der Waals surface area contributed by atoms with Gasteiger partial charge in [-0.2, -0.15) is 10.2 Å². The second-order valence-corrected chi connectivity index (χ2v) is 9.78. The molecule has 0 aliphatic heterocycles. The third-order valence-electron chi connectivity index (χ3n) is 6.43. The number of carbonyl (C=O) groups is 1. The number of hydrogen-bond acceptors (Lipinski definition) is 6. The van der Waals surface area contributed by atoms with Gasteiger partial charge in [-0.3, -0.25) is 4.79 Å². The maximum absolute atomic E-state index is 12.0. The van der Waals surface area contributed by atoms with Crippen LogP contribution in [0, 0.1) is 0 Å². The Morgan fingerprint density at radius 2 is 1.81 bits per heavy atom. The fraction of sp³-hybridized carbons (Fsp3) is 0.296. The first-order chi connectivity index (χ1) is 17.7. The first kappa shape index (κ1) is 24.4. The van der Waals surface area contributed by atoms with Crippen LogP contribution >= 0.6 is 0 Å². The number of pyridine rings is 1. The minimum atomic E-state index is -0.719. The van der Waals surface area contributed by atoms with Gasteiger partial charge in [0.15, 0.2) is 5.65 Å². The van der Waals surface area contributed by atoms with Crippen LogP contribution in [0.15, 0.2) is 55.4 Å². The minimum Gasteiger partial charge on any atom is -0.372 e. The summed E-state index contributed by atoms with van der Waals surface area (Å²) >= 11 is 0. The molecule has 5 rings (SSSR count). The van der Waals surface area contributed by atoms with Crippen molar-refractivity contribution in [3.8, 4) is 22.6 Å². The van der Waals surface area contributed by atoms with Gasteiger partial charge in [0, 0.05) is 29.7 Å². The molecule has 37 heavy (non-hydrogen) atoms. The van der Waals surface area contributed by atoms with Crippen LogP contribution in [-0.4, -0.2) is 45.1 Å². The van der Waals surface area contributed by atoms with E-state index in [2.05, 4.69) is 23.9 Å². The van der Waals surface area contributed by atoms with Crippen LogP contribution in [-0.2, 0) is 0 Å². The van der Waals surface area contributed by atoms with E-state index in [1.807, 2.05) is 47.5 Å². The lowest BCUT2D eigenvalue weighted by atomic mass is 9.96. The molecule has 1 amide bonds. The summed E-state index contributed by atoms with van der Waals surface area (Å²) in [6.07, 6.45) is 8.16. The molecule has 4 aromatic heterocycles. The number of aliphatic hydroxyl groups excluding tert-OH is 1. The van der Waals surface area contributed by atoms with Gasteiger partial charge in [0.2, 0.25) is 5.91 Å². The predicted octanol–water partition coefficient (Wildman–Crippen LogP) is 4.33. The van der Waals surface area contributed by atoms with Crippen molar-refractivity contribution in [3.63, 3.8) is 0 Å². The van der Waals surface area contributed by atoms with E-state index >= 15 is 0 Å². The molecule has 0 saturated carbocycles. The smallest absolute Gasteiger partial charge is 0.248 e. The van der Waals surface area contributed by atoms with Crippen LogP contribution in [0.5, 0.6) is 0 Å². The van der Waals surface area contributed by atoms with Gasteiger partial charge >= 0.3 is 0 Å². The highest BCUT2D eigenvalue weighted by molar-refractivity contribution is 5.95. The van der Waals surface area contributed by atoms with Crippen molar-refractivity contribution in [3.05, 3.63) is 72.2 Å². The second kappa shape index (κ2) is 9.29. The Hall–Kier alpha value is -4.31. The molecule has 3 N–H and O–H groups in total. The number of imidazole rings is 1. The summed E-state index contributed by atoms with van der Waals surface area (Å²) in [5.74, 6) is -0.202. The van der Waals surface area contributed by atoms with Gasteiger partial charge in [0.25, 0.3) is 0 Å². The van der Waals surface area contributed by atoms with E-state index in [4.69, 9.17) is 15.8 Å². The number of rotatable bonds is 7. The zero-order chi connectivity index (χ0) is 26.4. The molecule has 0 fully saturated rings. The predicted molar refractivity (Wildman–Crippen MR) is 141 cm³/mol. The molecule has 10 heteroatoms. The van der Waals surface area contributed by atoms with Crippen LogP contribution in [0.3, 0.4) is 0 Å². The SMILES string of the molecule is CC(C)c1cc(-n2nc(C(C)C)c3c(-n4cnc(-c5cnn(C(C)O)c5)c4)ccnc32)ccc1C(N)=O. The van der Waals surface area contributed by atoms with Gasteiger partial charge < -0.3 is 15.4 Å². The number of carbonyl (C=O) groups excluding carboxylic acids is 1. The molecule has 4 heterocycles. The molecule has 5 aromatic rings. The summed E-state index contributed by atoms with van der Waals surface area (Å²) < 4.78 is 5.26. The number of fused-ring (bicyclic) bond motifs is 1. The topological polar surface area (TPSA) is 130 Å². The molecule has 0 aliphatic rings. The maximum atomic E-state index is 12.0. The monoisotopic (exact) mass is 498 g/mol. The Balaban J connectivity index is 1.66. The Kier molecular flexibility index (Phi) is 6.12. The molecule has 1 atom stereocenters. The lowest BCUT2D eigenvalue weighted by Gasteiger charge is -2.13. The van der Waals surface area contributed by atoms with E-state index in [1.165, 1.54) is 4.68 Å². The summed E-state index contributed by atoms with van der Waals surface area (Å²) in [7, 11) is 0. The third-order valence-corrected chi connectivity index (χ3v) is 6.43. The number of nitrogens with two attached hydrogens (primary N) is 1. The largest absolute Gasteiger partial charge is 0.372 e. The zero-order valence-electron chi connectivity index (χ0n) is 21.5. The van der Waals surface area contributed by atoms with E-state index in [1.54, 1.807) is 37.9 Å². The number of benzene rings is 1. The number of nitrogens with zero attached hydrogens (tertiary/aromatic N) is 7. The average molecular weight is 499 g/mol. The van der Waals surface area contributed by atoms with E-state index in [0.717, 1.165) is 39.3 Å². The Morgan fingerprint density at radius 3 is 2.46 bits per heavy atom. The quantitative estimate of drug-likeness (QED) is 0.344. The summed E-state index contributed by atoms with van der Waals surface area (Å²) in [4.78, 5) is 21.3. The van der Waals surface area contributed by atoms with Crippen LogP contribution in [0.4, 0.5) is 0 Å². The minimum absolute atomic E-state index is 0.111. The standard InChI is InChI=1S/C27H30N8O2/c1-15(2)21-10-19(6-7-20(21)26(28)37)35-27-24(25(32-35)16(3)4)23(8-9-29-27)33-13-22(30-14-33)18-11-31-34(12-18)17(5)36/h6-17,36H,1-5H3,(H2,28,37). The van der Waals surface area contributed by atoms with Crippen LogP contribution < -0.4 is 5.73 Å². The first-order valence-electron chi connectivity index (χ1n) is 12.2. The lowest BCUT2D eigenvalue weighted by Crippen LogP contribution is -2.15. The summed E-state index contributed by atoms with van der Waals surface area (Å²) in [6.45, 7) is 9.92. The molecule has 1 aromatic carbocycles. The van der Waals surface area contributed by atoms with E-state index < -0.39 is 12.1 Å². The Morgan fingerprint density at radius 1 is 1.03 bits per heavy atom. The van der Waals surface area contributed by atoms with Gasteiger partial charge in [0.1, 0.15) is 6.23 Å². The Bertz CT molecular complexity index is 1610. The second-order valence-electron chi connectivity index (χ2n) is 9.78.